The Kier molecular flexibility index (Phi) is 7.49. The topological polar surface area (TPSA) is 74.2 Å². The first-order valence-corrected chi connectivity index (χ1v) is 12.2. The molecule has 0 bridgehead atoms. The Morgan fingerprint density at radius 3 is 2.76 bits per heavy atom. The number of rotatable bonds is 8. The summed E-state index contributed by atoms with van der Waals surface area (Å²) in [4.78, 5) is 34.3. The molecule has 1 aromatic carbocycles. The first kappa shape index (κ1) is 23.5. The molecule has 1 atom stereocenters. The lowest BCUT2D eigenvalue weighted by molar-refractivity contribution is -0.139. The number of aliphatic imine (C=N–C) groups is 1. The number of amides is 1. The quantitative estimate of drug-likeness (QED) is 0.583. The van der Waals surface area contributed by atoms with E-state index in [9.17, 15) is 14.0 Å². The molecule has 1 fully saturated rings. The summed E-state index contributed by atoms with van der Waals surface area (Å²) in [5.41, 5.74) is 1.80. The summed E-state index contributed by atoms with van der Waals surface area (Å²) >= 11 is 1.37. The Balaban J connectivity index is 1.56. The molecule has 4 rings (SSSR count). The summed E-state index contributed by atoms with van der Waals surface area (Å²) in [5, 5.41) is 5.46. The summed E-state index contributed by atoms with van der Waals surface area (Å²) in [6, 6.07) is 5.62. The minimum absolute atomic E-state index is 0.112. The standard InChI is InChI=1S/C24H29FN4O3S/c1-3-32-23(31)21-16(2)27-24-29(22(21)18-8-4-5-9-19(18)25)17(15-33-24)14-20(30)26-10-13-28-11-6-7-12-28/h4-5,8-9,15,22H,3,6-7,10-14H2,1-2H3,(H,26,30). The van der Waals surface area contributed by atoms with Crippen LogP contribution in [0.25, 0.3) is 0 Å². The molecule has 0 saturated carbocycles. The van der Waals surface area contributed by atoms with Crippen molar-refractivity contribution < 1.29 is 18.7 Å². The second-order valence-electron chi connectivity index (χ2n) is 8.21. The fourth-order valence-electron chi connectivity index (χ4n) is 4.42. The maximum absolute atomic E-state index is 14.9. The molecule has 9 heteroatoms. The lowest BCUT2D eigenvalue weighted by Gasteiger charge is -2.36. The lowest BCUT2D eigenvalue weighted by Crippen LogP contribution is -2.39. The van der Waals surface area contributed by atoms with Crippen molar-refractivity contribution >= 4 is 28.8 Å². The van der Waals surface area contributed by atoms with E-state index in [1.807, 2.05) is 5.41 Å². The summed E-state index contributed by atoms with van der Waals surface area (Å²) in [5.74, 6) is -1.07. The van der Waals surface area contributed by atoms with Crippen LogP contribution in [0.4, 0.5) is 4.39 Å². The number of amidine groups is 1. The number of ether oxygens (including phenoxy) is 1. The van der Waals surface area contributed by atoms with Gasteiger partial charge in [0.25, 0.3) is 0 Å². The van der Waals surface area contributed by atoms with Gasteiger partial charge in [-0.2, -0.15) is 0 Å². The van der Waals surface area contributed by atoms with Crippen molar-refractivity contribution in [2.24, 2.45) is 4.99 Å². The SMILES string of the molecule is CCOC(=O)C1=C(C)N=C2SC=C(CC(=O)NCCN3CCCC3)N2C1c1ccccc1F. The van der Waals surface area contributed by atoms with Gasteiger partial charge in [-0.25, -0.2) is 14.2 Å². The number of esters is 1. The van der Waals surface area contributed by atoms with E-state index < -0.39 is 17.8 Å². The highest BCUT2D eigenvalue weighted by atomic mass is 32.2. The maximum Gasteiger partial charge on any atom is 0.338 e. The van der Waals surface area contributed by atoms with Gasteiger partial charge in [-0.05, 0) is 51.3 Å². The number of allylic oxidation sites excluding steroid dienone is 1. The highest BCUT2D eigenvalue weighted by Gasteiger charge is 2.42. The zero-order chi connectivity index (χ0) is 23.4. The zero-order valence-electron chi connectivity index (χ0n) is 19.0. The van der Waals surface area contributed by atoms with Crippen molar-refractivity contribution in [1.29, 1.82) is 0 Å². The van der Waals surface area contributed by atoms with Crippen LogP contribution >= 0.6 is 11.8 Å². The Labute approximate surface area is 197 Å². The van der Waals surface area contributed by atoms with E-state index in [-0.39, 0.29) is 24.5 Å². The highest BCUT2D eigenvalue weighted by Crippen LogP contribution is 2.45. The number of halogens is 1. The van der Waals surface area contributed by atoms with Gasteiger partial charge < -0.3 is 19.9 Å². The van der Waals surface area contributed by atoms with Crippen molar-refractivity contribution in [2.45, 2.75) is 39.2 Å². The first-order valence-electron chi connectivity index (χ1n) is 11.3. The van der Waals surface area contributed by atoms with E-state index in [2.05, 4.69) is 15.2 Å². The maximum atomic E-state index is 14.9. The number of likely N-dealkylation sites (tertiary alicyclic amines) is 1. The summed E-state index contributed by atoms with van der Waals surface area (Å²) in [6.07, 6.45) is 2.54. The molecule has 0 aromatic heterocycles. The number of hydrogen-bond acceptors (Lipinski definition) is 7. The number of nitrogens with zero attached hydrogens (tertiary/aromatic N) is 3. The molecule has 1 unspecified atom stereocenters. The molecule has 33 heavy (non-hydrogen) atoms. The van der Waals surface area contributed by atoms with Gasteiger partial charge in [0.05, 0.1) is 30.3 Å². The van der Waals surface area contributed by atoms with Gasteiger partial charge >= 0.3 is 5.97 Å². The predicted octanol–water partition coefficient (Wildman–Crippen LogP) is 3.57. The van der Waals surface area contributed by atoms with Crippen LogP contribution in [0.3, 0.4) is 0 Å². The highest BCUT2D eigenvalue weighted by molar-refractivity contribution is 8.16. The van der Waals surface area contributed by atoms with E-state index in [4.69, 9.17) is 4.74 Å². The third-order valence-electron chi connectivity index (χ3n) is 5.99. The van der Waals surface area contributed by atoms with Crippen LogP contribution in [0.2, 0.25) is 0 Å². The van der Waals surface area contributed by atoms with Crippen molar-refractivity contribution in [1.82, 2.24) is 15.1 Å². The molecular weight excluding hydrogens is 443 g/mol. The fraction of sp³-hybridized carbons (Fsp3) is 0.458. The Hall–Kier alpha value is -2.65. The number of carbonyl (C=O) groups is 2. The number of benzene rings is 1. The minimum Gasteiger partial charge on any atom is -0.463 e. The average molecular weight is 473 g/mol. The van der Waals surface area contributed by atoms with Crippen LogP contribution in [0.15, 0.2) is 51.6 Å². The van der Waals surface area contributed by atoms with E-state index in [0.717, 1.165) is 19.6 Å². The molecule has 1 N–H and O–H groups in total. The van der Waals surface area contributed by atoms with Crippen LogP contribution in [-0.2, 0) is 14.3 Å². The number of thioether (sulfide) groups is 1. The van der Waals surface area contributed by atoms with Crippen LogP contribution in [-0.4, -0.2) is 59.6 Å². The molecule has 1 saturated heterocycles. The van der Waals surface area contributed by atoms with Gasteiger partial charge in [0.1, 0.15) is 5.82 Å². The molecule has 176 valence electrons. The van der Waals surface area contributed by atoms with Crippen LogP contribution in [0, 0.1) is 5.82 Å². The molecule has 3 aliphatic rings. The van der Waals surface area contributed by atoms with Gasteiger partial charge in [-0.15, -0.1) is 0 Å². The van der Waals surface area contributed by atoms with Crippen LogP contribution < -0.4 is 5.32 Å². The molecule has 1 amide bonds. The van der Waals surface area contributed by atoms with Gasteiger partial charge in [0.15, 0.2) is 5.17 Å². The minimum atomic E-state index is -0.753. The van der Waals surface area contributed by atoms with E-state index in [0.29, 0.717) is 28.7 Å². The van der Waals surface area contributed by atoms with E-state index in [1.165, 1.54) is 30.7 Å². The molecule has 0 aliphatic carbocycles. The van der Waals surface area contributed by atoms with Gasteiger partial charge in [-0.1, -0.05) is 30.0 Å². The van der Waals surface area contributed by atoms with Gasteiger partial charge in [0, 0.05) is 24.4 Å². The summed E-state index contributed by atoms with van der Waals surface area (Å²) in [6.45, 7) is 7.25. The Morgan fingerprint density at radius 2 is 2.03 bits per heavy atom. The molecule has 0 radical (unpaired) electrons. The van der Waals surface area contributed by atoms with Crippen LogP contribution in [0.1, 0.15) is 44.7 Å². The van der Waals surface area contributed by atoms with E-state index in [1.54, 1.807) is 36.9 Å². The zero-order valence-corrected chi connectivity index (χ0v) is 19.8. The lowest BCUT2D eigenvalue weighted by atomic mass is 9.93. The second-order valence-corrected chi connectivity index (χ2v) is 9.05. The fourth-order valence-corrected chi connectivity index (χ4v) is 5.38. The first-order chi connectivity index (χ1) is 16.0. The number of fused-ring (bicyclic) bond motifs is 1. The third kappa shape index (κ3) is 5.14. The van der Waals surface area contributed by atoms with Gasteiger partial charge in [-0.3, -0.25) is 4.79 Å². The Morgan fingerprint density at radius 1 is 1.27 bits per heavy atom. The molecule has 3 aliphatic heterocycles. The number of hydrogen-bond donors (Lipinski definition) is 1. The number of carbonyl (C=O) groups excluding carboxylic acids is 2. The van der Waals surface area contributed by atoms with Crippen molar-refractivity contribution in [3.05, 3.63) is 58.0 Å². The monoisotopic (exact) mass is 472 g/mol. The molecule has 1 aromatic rings. The van der Waals surface area contributed by atoms with Crippen molar-refractivity contribution in [2.75, 3.05) is 32.8 Å². The van der Waals surface area contributed by atoms with Crippen LogP contribution in [0.5, 0.6) is 0 Å². The molecule has 0 spiro atoms. The largest absolute Gasteiger partial charge is 0.463 e. The van der Waals surface area contributed by atoms with Crippen molar-refractivity contribution in [3.8, 4) is 0 Å². The number of nitrogens with one attached hydrogen (secondary N) is 1. The smallest absolute Gasteiger partial charge is 0.338 e. The Bertz CT molecular complexity index is 1020. The van der Waals surface area contributed by atoms with E-state index >= 15 is 0 Å². The normalized spacial score (nSPS) is 20.5. The average Bonchev–Trinajstić information content (AvgIpc) is 3.44. The van der Waals surface area contributed by atoms with Crippen molar-refractivity contribution in [3.63, 3.8) is 0 Å². The summed E-state index contributed by atoms with van der Waals surface area (Å²) in [7, 11) is 0. The molecular formula is C24H29FN4O3S. The third-order valence-corrected chi connectivity index (χ3v) is 6.88. The predicted molar refractivity (Wildman–Crippen MR) is 127 cm³/mol. The molecule has 3 heterocycles. The molecule has 7 nitrogen and oxygen atoms in total. The second kappa shape index (κ2) is 10.5. The van der Waals surface area contributed by atoms with Gasteiger partial charge in [0.2, 0.25) is 5.91 Å². The summed E-state index contributed by atoms with van der Waals surface area (Å²) < 4.78 is 20.2.